The maximum atomic E-state index is 12.0. The zero-order valence-electron chi connectivity index (χ0n) is 23.0. The van der Waals surface area contributed by atoms with E-state index in [1.165, 1.54) is 148 Å². The van der Waals surface area contributed by atoms with Gasteiger partial charge in [0.05, 0.1) is 0 Å². The SMILES string of the molecule is CC(C)CCCCCCCCCCCCCCCCCCCCCCCC(=O)N1CCCC1. The fraction of sp³-hybridized carbons (Fsp3) is 0.968. The molecular weight excluding hydrogens is 402 g/mol. The minimum absolute atomic E-state index is 0.408. The van der Waals surface area contributed by atoms with Crippen LogP contribution in [0.25, 0.3) is 0 Å². The highest BCUT2D eigenvalue weighted by atomic mass is 16.2. The van der Waals surface area contributed by atoms with Crippen LogP contribution in [0.5, 0.6) is 0 Å². The Morgan fingerprint density at radius 1 is 0.515 bits per heavy atom. The van der Waals surface area contributed by atoms with Crippen LogP contribution in [0.1, 0.15) is 174 Å². The number of unbranched alkanes of at least 4 members (excludes halogenated alkanes) is 20. The molecule has 0 saturated carbocycles. The number of hydrogen-bond acceptors (Lipinski definition) is 1. The molecule has 1 saturated heterocycles. The maximum Gasteiger partial charge on any atom is 0.222 e. The fourth-order valence-corrected chi connectivity index (χ4v) is 5.31. The van der Waals surface area contributed by atoms with Crippen molar-refractivity contribution in [1.82, 2.24) is 4.90 Å². The minimum Gasteiger partial charge on any atom is -0.343 e. The molecule has 0 aromatic carbocycles. The smallest absolute Gasteiger partial charge is 0.222 e. The summed E-state index contributed by atoms with van der Waals surface area (Å²) in [6.45, 7) is 6.70. The molecule has 0 bridgehead atoms. The topological polar surface area (TPSA) is 20.3 Å². The van der Waals surface area contributed by atoms with Gasteiger partial charge >= 0.3 is 0 Å². The van der Waals surface area contributed by atoms with E-state index in [1.807, 2.05) is 0 Å². The lowest BCUT2D eigenvalue weighted by molar-refractivity contribution is -0.130. The molecule has 1 amide bonds. The summed E-state index contributed by atoms with van der Waals surface area (Å²) < 4.78 is 0. The Hall–Kier alpha value is -0.530. The molecule has 0 aliphatic carbocycles. The Bertz CT molecular complexity index is 413. The van der Waals surface area contributed by atoms with Crippen LogP contribution in [0.15, 0.2) is 0 Å². The van der Waals surface area contributed by atoms with Crippen LogP contribution in [0.3, 0.4) is 0 Å². The van der Waals surface area contributed by atoms with E-state index in [2.05, 4.69) is 18.7 Å². The molecule has 1 heterocycles. The Morgan fingerprint density at radius 2 is 0.818 bits per heavy atom. The van der Waals surface area contributed by atoms with Crippen molar-refractivity contribution in [1.29, 1.82) is 0 Å². The van der Waals surface area contributed by atoms with Gasteiger partial charge in [-0.25, -0.2) is 0 Å². The first-order chi connectivity index (χ1) is 16.2. The molecule has 1 rings (SSSR count). The van der Waals surface area contributed by atoms with Gasteiger partial charge in [0.15, 0.2) is 0 Å². The summed E-state index contributed by atoms with van der Waals surface area (Å²) in [5.74, 6) is 1.30. The molecule has 0 aromatic rings. The van der Waals surface area contributed by atoms with E-state index < -0.39 is 0 Å². The summed E-state index contributed by atoms with van der Waals surface area (Å²) in [6.07, 6.45) is 34.4. The summed E-state index contributed by atoms with van der Waals surface area (Å²) in [7, 11) is 0. The van der Waals surface area contributed by atoms with Crippen LogP contribution in [-0.4, -0.2) is 23.9 Å². The van der Waals surface area contributed by atoms with Crippen LogP contribution in [0.4, 0.5) is 0 Å². The molecule has 1 aliphatic heterocycles. The van der Waals surface area contributed by atoms with Crippen LogP contribution in [0, 0.1) is 5.92 Å². The summed E-state index contributed by atoms with van der Waals surface area (Å²) >= 11 is 0. The molecule has 2 heteroatoms. The molecule has 1 aliphatic rings. The number of nitrogens with zero attached hydrogens (tertiary/aromatic N) is 1. The lowest BCUT2D eigenvalue weighted by atomic mass is 10.0. The first kappa shape index (κ1) is 30.5. The zero-order chi connectivity index (χ0) is 23.8. The average Bonchev–Trinajstić information content (AvgIpc) is 3.34. The average molecular weight is 464 g/mol. The maximum absolute atomic E-state index is 12.0. The Labute approximate surface area is 209 Å². The summed E-state index contributed by atoms with van der Waals surface area (Å²) in [6, 6.07) is 0. The van der Waals surface area contributed by atoms with E-state index >= 15 is 0 Å². The molecule has 0 atom stereocenters. The minimum atomic E-state index is 0.408. The first-order valence-corrected chi connectivity index (χ1v) is 15.5. The van der Waals surface area contributed by atoms with Gasteiger partial charge in [-0.2, -0.15) is 0 Å². The molecule has 0 aromatic heterocycles. The molecule has 0 N–H and O–H groups in total. The largest absolute Gasteiger partial charge is 0.343 e. The highest BCUT2D eigenvalue weighted by molar-refractivity contribution is 5.76. The van der Waals surface area contributed by atoms with E-state index in [9.17, 15) is 4.79 Å². The van der Waals surface area contributed by atoms with Gasteiger partial charge in [0.2, 0.25) is 5.91 Å². The molecule has 0 radical (unpaired) electrons. The number of amides is 1. The second kappa shape index (κ2) is 23.2. The second-order valence-electron chi connectivity index (χ2n) is 11.4. The molecular formula is C31H61NO. The molecule has 1 fully saturated rings. The van der Waals surface area contributed by atoms with Gasteiger partial charge in [0.1, 0.15) is 0 Å². The normalized spacial score (nSPS) is 14.0. The van der Waals surface area contributed by atoms with E-state index in [0.29, 0.717) is 5.91 Å². The number of likely N-dealkylation sites (tertiary alicyclic amines) is 1. The summed E-state index contributed by atoms with van der Waals surface area (Å²) in [5, 5.41) is 0. The number of carbonyl (C=O) groups is 1. The fourth-order valence-electron chi connectivity index (χ4n) is 5.31. The third kappa shape index (κ3) is 20.5. The van der Waals surface area contributed by atoms with Crippen molar-refractivity contribution in [3.8, 4) is 0 Å². The van der Waals surface area contributed by atoms with Crippen LogP contribution >= 0.6 is 0 Å². The van der Waals surface area contributed by atoms with Crippen LogP contribution in [-0.2, 0) is 4.79 Å². The van der Waals surface area contributed by atoms with Gasteiger partial charge in [-0.3, -0.25) is 4.79 Å². The van der Waals surface area contributed by atoms with E-state index in [-0.39, 0.29) is 0 Å². The number of hydrogen-bond donors (Lipinski definition) is 0. The van der Waals surface area contributed by atoms with Gasteiger partial charge < -0.3 is 4.90 Å². The third-order valence-electron chi connectivity index (χ3n) is 7.63. The molecule has 0 unspecified atom stereocenters. The van der Waals surface area contributed by atoms with Crippen LogP contribution in [0.2, 0.25) is 0 Å². The lowest BCUT2D eigenvalue weighted by Crippen LogP contribution is -2.27. The van der Waals surface area contributed by atoms with Crippen molar-refractivity contribution in [3.05, 3.63) is 0 Å². The van der Waals surface area contributed by atoms with E-state index in [4.69, 9.17) is 0 Å². The van der Waals surface area contributed by atoms with Crippen molar-refractivity contribution in [2.24, 2.45) is 5.92 Å². The van der Waals surface area contributed by atoms with Gasteiger partial charge in [-0.15, -0.1) is 0 Å². The van der Waals surface area contributed by atoms with E-state index in [1.54, 1.807) is 0 Å². The lowest BCUT2D eigenvalue weighted by Gasteiger charge is -2.14. The van der Waals surface area contributed by atoms with Gasteiger partial charge in [0.25, 0.3) is 0 Å². The standard InChI is InChI=1S/C31H61NO/c1-30(2)26-22-20-18-16-14-12-10-8-6-4-3-5-7-9-11-13-15-17-19-21-23-27-31(33)32-28-24-25-29-32/h30H,3-29H2,1-2H3. The third-order valence-corrected chi connectivity index (χ3v) is 7.63. The van der Waals surface area contributed by atoms with E-state index in [0.717, 1.165) is 31.8 Å². The summed E-state index contributed by atoms with van der Waals surface area (Å²) in [5.41, 5.74) is 0. The van der Waals surface area contributed by atoms with Gasteiger partial charge in [0, 0.05) is 19.5 Å². The van der Waals surface area contributed by atoms with Crippen molar-refractivity contribution in [3.63, 3.8) is 0 Å². The monoisotopic (exact) mass is 463 g/mol. The van der Waals surface area contributed by atoms with Crippen molar-refractivity contribution < 1.29 is 4.79 Å². The molecule has 2 nitrogen and oxygen atoms in total. The number of rotatable bonds is 24. The first-order valence-electron chi connectivity index (χ1n) is 15.5. The Balaban J connectivity index is 1.65. The van der Waals surface area contributed by atoms with Gasteiger partial charge in [-0.1, -0.05) is 149 Å². The summed E-state index contributed by atoms with van der Waals surface area (Å²) in [4.78, 5) is 14.1. The number of carbonyl (C=O) groups excluding carboxylic acids is 1. The highest BCUT2D eigenvalue weighted by Gasteiger charge is 2.16. The Kier molecular flexibility index (Phi) is 21.5. The van der Waals surface area contributed by atoms with Crippen molar-refractivity contribution in [2.75, 3.05) is 13.1 Å². The Morgan fingerprint density at radius 3 is 1.15 bits per heavy atom. The zero-order valence-corrected chi connectivity index (χ0v) is 23.0. The second-order valence-corrected chi connectivity index (χ2v) is 11.4. The molecule has 0 spiro atoms. The predicted molar refractivity (Wildman–Crippen MR) is 147 cm³/mol. The van der Waals surface area contributed by atoms with Gasteiger partial charge in [-0.05, 0) is 25.2 Å². The predicted octanol–water partition coefficient (Wildman–Crippen LogP) is 10.2. The quantitative estimate of drug-likeness (QED) is 0.130. The van der Waals surface area contributed by atoms with Crippen molar-refractivity contribution >= 4 is 5.91 Å². The van der Waals surface area contributed by atoms with Crippen molar-refractivity contribution in [2.45, 2.75) is 174 Å². The van der Waals surface area contributed by atoms with Crippen LogP contribution < -0.4 is 0 Å². The highest BCUT2D eigenvalue weighted by Crippen LogP contribution is 2.16. The molecule has 33 heavy (non-hydrogen) atoms. The molecule has 196 valence electrons.